The third-order valence-electron chi connectivity index (χ3n) is 0.961. The molecule has 0 aliphatic carbocycles. The molecule has 78 valence electrons. The molecular formula is C6H12LiO6P. The standard InChI is InChI=1S/C6H11O6P.Li.H/c1-3-6(7)12-5(2)4-11-13(8,9)10;;/h3,5H,1,4H2,2H3,(H2,8,9,10);;/q;+1;-1. The van der Waals surface area contributed by atoms with Crippen molar-refractivity contribution >= 4 is 13.8 Å². The van der Waals surface area contributed by atoms with Crippen molar-refractivity contribution in [1.82, 2.24) is 0 Å². The van der Waals surface area contributed by atoms with E-state index in [-0.39, 0.29) is 26.9 Å². The fourth-order valence-corrected chi connectivity index (χ4v) is 0.887. The maximum atomic E-state index is 10.6. The van der Waals surface area contributed by atoms with E-state index < -0.39 is 19.9 Å². The first-order chi connectivity index (χ1) is 5.85. The molecule has 0 saturated heterocycles. The van der Waals surface area contributed by atoms with Crippen LogP contribution in [0.25, 0.3) is 0 Å². The summed E-state index contributed by atoms with van der Waals surface area (Å²) < 4.78 is 18.9. The molecule has 0 bridgehead atoms. The van der Waals surface area contributed by atoms with Crippen molar-refractivity contribution in [1.29, 1.82) is 0 Å². The molecular weight excluding hydrogens is 206 g/mol. The Hall–Kier alpha value is -0.0826. The molecule has 0 aliphatic rings. The van der Waals surface area contributed by atoms with Gasteiger partial charge in [0.25, 0.3) is 0 Å². The number of hydrogen-bond donors (Lipinski definition) is 2. The van der Waals surface area contributed by atoms with Gasteiger partial charge < -0.3 is 16.0 Å². The number of phosphoric acid groups is 1. The number of phosphoric ester groups is 1. The van der Waals surface area contributed by atoms with Gasteiger partial charge in [-0.25, -0.2) is 9.36 Å². The number of carbonyl (C=O) groups excluding carboxylic acids is 1. The van der Waals surface area contributed by atoms with Crippen LogP contribution in [0.15, 0.2) is 12.7 Å². The molecule has 1 atom stereocenters. The van der Waals surface area contributed by atoms with Gasteiger partial charge >= 0.3 is 32.7 Å². The summed E-state index contributed by atoms with van der Waals surface area (Å²) in [6.07, 6.45) is 0.228. The molecule has 0 aromatic heterocycles. The van der Waals surface area contributed by atoms with Gasteiger partial charge in [0.15, 0.2) is 0 Å². The number of ether oxygens (including phenoxy) is 1. The Bertz CT molecular complexity index is 242. The summed E-state index contributed by atoms with van der Waals surface area (Å²) in [7, 11) is -4.49. The molecule has 14 heavy (non-hydrogen) atoms. The van der Waals surface area contributed by atoms with E-state index in [9.17, 15) is 9.36 Å². The molecule has 0 saturated carbocycles. The predicted octanol–water partition coefficient (Wildman–Crippen LogP) is -2.67. The number of hydrogen-bond acceptors (Lipinski definition) is 4. The van der Waals surface area contributed by atoms with E-state index >= 15 is 0 Å². The second-order valence-electron chi connectivity index (χ2n) is 2.24. The Balaban J connectivity index is -0.000000720. The third kappa shape index (κ3) is 10.0. The van der Waals surface area contributed by atoms with E-state index in [4.69, 9.17) is 9.79 Å². The van der Waals surface area contributed by atoms with Crippen molar-refractivity contribution in [3.05, 3.63) is 12.7 Å². The summed E-state index contributed by atoms with van der Waals surface area (Å²) in [6, 6.07) is 0. The van der Waals surface area contributed by atoms with Gasteiger partial charge in [0.1, 0.15) is 6.10 Å². The maximum absolute atomic E-state index is 10.6. The van der Waals surface area contributed by atoms with Crippen molar-refractivity contribution in [3.63, 3.8) is 0 Å². The molecule has 0 radical (unpaired) electrons. The summed E-state index contributed by atoms with van der Waals surface area (Å²) in [6.45, 7) is 4.24. The molecule has 8 heteroatoms. The first-order valence-corrected chi connectivity index (χ1v) is 4.91. The third-order valence-corrected chi connectivity index (χ3v) is 1.45. The summed E-state index contributed by atoms with van der Waals surface area (Å²) >= 11 is 0. The molecule has 0 aliphatic heterocycles. The monoisotopic (exact) mass is 218 g/mol. The zero-order chi connectivity index (χ0) is 10.5. The molecule has 0 rings (SSSR count). The molecule has 2 N–H and O–H groups in total. The Kier molecular flexibility index (Phi) is 8.46. The number of rotatable bonds is 5. The topological polar surface area (TPSA) is 93.1 Å². The van der Waals surface area contributed by atoms with Crippen LogP contribution in [0.2, 0.25) is 0 Å². The van der Waals surface area contributed by atoms with E-state index in [2.05, 4.69) is 15.8 Å². The molecule has 1 unspecified atom stereocenters. The smallest absolute Gasteiger partial charge is 1.00 e. The van der Waals surface area contributed by atoms with E-state index in [0.717, 1.165) is 6.08 Å². The van der Waals surface area contributed by atoms with Crippen LogP contribution < -0.4 is 18.9 Å². The van der Waals surface area contributed by atoms with Crippen LogP contribution in [-0.4, -0.2) is 28.5 Å². The van der Waals surface area contributed by atoms with Crippen molar-refractivity contribution in [2.45, 2.75) is 13.0 Å². The Morgan fingerprint density at radius 2 is 2.21 bits per heavy atom. The number of carbonyl (C=O) groups is 1. The maximum Gasteiger partial charge on any atom is 1.00 e. The van der Waals surface area contributed by atoms with Gasteiger partial charge in [-0.3, -0.25) is 4.52 Å². The quantitative estimate of drug-likeness (QED) is 0.226. The van der Waals surface area contributed by atoms with Crippen molar-refractivity contribution < 1.29 is 48.7 Å². The molecule has 0 aromatic rings. The van der Waals surface area contributed by atoms with Crippen LogP contribution in [0.3, 0.4) is 0 Å². The summed E-state index contributed by atoms with van der Waals surface area (Å²) in [4.78, 5) is 27.1. The fourth-order valence-electron chi connectivity index (χ4n) is 0.482. The van der Waals surface area contributed by atoms with Gasteiger partial charge in [0, 0.05) is 6.08 Å². The Labute approximate surface area is 95.2 Å². The van der Waals surface area contributed by atoms with Crippen LogP contribution in [0, 0.1) is 0 Å². The summed E-state index contributed by atoms with van der Waals surface area (Å²) in [5, 5.41) is 0. The van der Waals surface area contributed by atoms with Crippen LogP contribution in [0.5, 0.6) is 0 Å². The second kappa shape index (κ2) is 7.24. The largest absolute Gasteiger partial charge is 1.00 e. The zero-order valence-electron chi connectivity index (χ0n) is 9.04. The molecule has 0 spiro atoms. The molecule has 0 aromatic carbocycles. The van der Waals surface area contributed by atoms with E-state index in [1.807, 2.05) is 0 Å². The van der Waals surface area contributed by atoms with Crippen LogP contribution in [-0.2, 0) is 18.6 Å². The van der Waals surface area contributed by atoms with Crippen LogP contribution in [0.1, 0.15) is 8.35 Å². The van der Waals surface area contributed by atoms with Gasteiger partial charge in [-0.2, -0.15) is 0 Å². The van der Waals surface area contributed by atoms with Gasteiger partial charge in [0.2, 0.25) is 0 Å². The van der Waals surface area contributed by atoms with E-state index in [0.29, 0.717) is 0 Å². The fraction of sp³-hybridized carbons (Fsp3) is 0.500. The number of esters is 1. The first kappa shape index (κ1) is 16.4. The van der Waals surface area contributed by atoms with Gasteiger partial charge in [-0.05, 0) is 6.92 Å². The molecule has 6 nitrogen and oxygen atoms in total. The average molecular weight is 218 g/mol. The predicted molar refractivity (Wildman–Crippen MR) is 44.9 cm³/mol. The minimum Gasteiger partial charge on any atom is -1.00 e. The van der Waals surface area contributed by atoms with Crippen LogP contribution >= 0.6 is 7.82 Å². The zero-order valence-corrected chi connectivity index (χ0v) is 8.94. The second-order valence-corrected chi connectivity index (χ2v) is 3.48. The molecule has 0 heterocycles. The average Bonchev–Trinajstić information content (AvgIpc) is 1.99. The molecule has 0 fully saturated rings. The Morgan fingerprint density at radius 1 is 1.71 bits per heavy atom. The van der Waals surface area contributed by atoms with Gasteiger partial charge in [-0.15, -0.1) is 0 Å². The summed E-state index contributed by atoms with van der Waals surface area (Å²) in [5.74, 6) is -0.665. The first-order valence-electron chi connectivity index (χ1n) is 3.38. The van der Waals surface area contributed by atoms with Crippen LogP contribution in [0.4, 0.5) is 0 Å². The van der Waals surface area contributed by atoms with Gasteiger partial charge in [0.05, 0.1) is 6.61 Å². The SMILES string of the molecule is C=CC(=O)OC(C)COP(=O)(O)O.[H-].[Li+]. The Morgan fingerprint density at radius 3 is 2.57 bits per heavy atom. The summed E-state index contributed by atoms with van der Waals surface area (Å²) in [5.41, 5.74) is 0. The van der Waals surface area contributed by atoms with E-state index in [1.54, 1.807) is 0 Å². The van der Waals surface area contributed by atoms with E-state index in [1.165, 1.54) is 6.92 Å². The van der Waals surface area contributed by atoms with Crippen molar-refractivity contribution in [2.75, 3.05) is 6.61 Å². The van der Waals surface area contributed by atoms with Crippen molar-refractivity contribution in [3.8, 4) is 0 Å². The minimum absolute atomic E-state index is 0. The van der Waals surface area contributed by atoms with Gasteiger partial charge in [-0.1, -0.05) is 6.58 Å². The minimum atomic E-state index is -4.49. The molecule has 0 amide bonds. The normalized spacial score (nSPS) is 12.5. The van der Waals surface area contributed by atoms with Crippen molar-refractivity contribution in [2.24, 2.45) is 0 Å².